The van der Waals surface area contributed by atoms with Crippen molar-refractivity contribution in [3.8, 4) is 0 Å². The van der Waals surface area contributed by atoms with Crippen molar-refractivity contribution in [1.82, 2.24) is 9.21 Å². The third-order valence-corrected chi connectivity index (χ3v) is 6.48. The Balaban J connectivity index is 2.16. The lowest BCUT2D eigenvalue weighted by Crippen LogP contribution is -2.50. The van der Waals surface area contributed by atoms with E-state index in [2.05, 4.69) is 20.8 Å². The van der Waals surface area contributed by atoms with Crippen LogP contribution in [0.4, 0.5) is 4.79 Å². The van der Waals surface area contributed by atoms with E-state index in [1.165, 1.54) is 4.31 Å². The Labute approximate surface area is 150 Å². The number of hydrogen-bond donors (Lipinski definition) is 0. The second-order valence-corrected chi connectivity index (χ2v) is 9.23. The monoisotopic (exact) mass is 368 g/mol. The maximum absolute atomic E-state index is 13.0. The van der Waals surface area contributed by atoms with E-state index in [4.69, 9.17) is 4.74 Å². The quantitative estimate of drug-likeness (QED) is 0.823. The molecule has 0 unspecified atom stereocenters. The summed E-state index contributed by atoms with van der Waals surface area (Å²) in [5.74, 6) is 0. The minimum atomic E-state index is -3.56. The first-order valence-electron chi connectivity index (χ1n) is 8.60. The number of rotatable bonds is 3. The first-order chi connectivity index (χ1) is 11.6. The zero-order chi connectivity index (χ0) is 18.8. The van der Waals surface area contributed by atoms with Crippen LogP contribution < -0.4 is 0 Å². The lowest BCUT2D eigenvalue weighted by atomic mass is 9.86. The first-order valence-corrected chi connectivity index (χ1v) is 10.0. The topological polar surface area (TPSA) is 66.9 Å². The van der Waals surface area contributed by atoms with Crippen LogP contribution in [0.2, 0.25) is 0 Å². The maximum atomic E-state index is 13.0. The van der Waals surface area contributed by atoms with Crippen LogP contribution in [0.25, 0.3) is 0 Å². The summed E-state index contributed by atoms with van der Waals surface area (Å²) in [5, 5.41) is 0. The van der Waals surface area contributed by atoms with Crippen molar-refractivity contribution in [2.24, 2.45) is 0 Å². The Morgan fingerprint density at radius 1 is 1.16 bits per heavy atom. The van der Waals surface area contributed by atoms with Crippen LogP contribution in [-0.4, -0.2) is 56.5 Å². The fraction of sp³-hybridized carbons (Fsp3) is 0.611. The molecule has 0 N–H and O–H groups in total. The third-order valence-electron chi connectivity index (χ3n) is 4.42. The summed E-state index contributed by atoms with van der Waals surface area (Å²) in [7, 11) is -3.56. The second kappa shape index (κ2) is 7.33. The molecule has 0 bridgehead atoms. The van der Waals surface area contributed by atoms with Gasteiger partial charge in [-0.15, -0.1) is 0 Å². The Bertz CT molecular complexity index is 730. The summed E-state index contributed by atoms with van der Waals surface area (Å²) in [6.07, 6.45) is -0.384. The van der Waals surface area contributed by atoms with Crippen molar-refractivity contribution < 1.29 is 17.9 Å². The van der Waals surface area contributed by atoms with Crippen LogP contribution in [0.1, 0.15) is 38.8 Å². The number of amides is 1. The average Bonchev–Trinajstić information content (AvgIpc) is 2.54. The van der Waals surface area contributed by atoms with Gasteiger partial charge in [-0.3, -0.25) is 0 Å². The van der Waals surface area contributed by atoms with Crippen molar-refractivity contribution in [3.05, 3.63) is 29.3 Å². The molecule has 1 aromatic rings. The number of carbonyl (C=O) groups excluding carboxylic acids is 1. The summed E-state index contributed by atoms with van der Waals surface area (Å²) in [6, 6.07) is 5.53. The van der Waals surface area contributed by atoms with Gasteiger partial charge in [0, 0.05) is 26.2 Å². The Hall–Kier alpha value is -1.60. The van der Waals surface area contributed by atoms with Crippen molar-refractivity contribution in [2.75, 3.05) is 32.8 Å². The Kier molecular flexibility index (Phi) is 5.79. The van der Waals surface area contributed by atoms with Gasteiger partial charge < -0.3 is 9.64 Å². The second-order valence-electron chi connectivity index (χ2n) is 7.32. The molecule has 0 spiro atoms. The van der Waals surface area contributed by atoms with Gasteiger partial charge in [-0.2, -0.15) is 4.31 Å². The van der Waals surface area contributed by atoms with Crippen molar-refractivity contribution in [3.63, 3.8) is 0 Å². The fourth-order valence-corrected chi connectivity index (χ4v) is 4.50. The highest BCUT2D eigenvalue weighted by Crippen LogP contribution is 2.28. The number of carbonyl (C=O) groups is 1. The lowest BCUT2D eigenvalue weighted by Gasteiger charge is -2.33. The van der Waals surface area contributed by atoms with Gasteiger partial charge in [-0.05, 0) is 36.5 Å². The van der Waals surface area contributed by atoms with Gasteiger partial charge in [0.1, 0.15) is 0 Å². The Morgan fingerprint density at radius 3 is 2.24 bits per heavy atom. The number of benzene rings is 1. The largest absolute Gasteiger partial charge is 0.450 e. The van der Waals surface area contributed by atoms with Crippen LogP contribution in [0.15, 0.2) is 23.1 Å². The van der Waals surface area contributed by atoms with Crippen molar-refractivity contribution >= 4 is 16.1 Å². The van der Waals surface area contributed by atoms with Gasteiger partial charge in [0.05, 0.1) is 11.5 Å². The van der Waals surface area contributed by atoms with E-state index in [9.17, 15) is 13.2 Å². The summed E-state index contributed by atoms with van der Waals surface area (Å²) in [4.78, 5) is 13.6. The molecule has 1 aliphatic heterocycles. The molecule has 0 atom stereocenters. The van der Waals surface area contributed by atoms with E-state index < -0.39 is 10.0 Å². The molecule has 0 radical (unpaired) electrons. The molecule has 6 nitrogen and oxygen atoms in total. The average molecular weight is 368 g/mol. The van der Waals surface area contributed by atoms with Crippen LogP contribution in [0.5, 0.6) is 0 Å². The highest BCUT2D eigenvalue weighted by molar-refractivity contribution is 7.89. The molecule has 7 heteroatoms. The van der Waals surface area contributed by atoms with Gasteiger partial charge in [-0.25, -0.2) is 13.2 Å². The number of ether oxygens (including phenoxy) is 1. The number of nitrogens with zero attached hydrogens (tertiary/aromatic N) is 2. The van der Waals surface area contributed by atoms with Gasteiger partial charge in [0.2, 0.25) is 10.0 Å². The van der Waals surface area contributed by atoms with Crippen LogP contribution in [0.3, 0.4) is 0 Å². The highest BCUT2D eigenvalue weighted by Gasteiger charge is 2.31. The smallest absolute Gasteiger partial charge is 0.409 e. The zero-order valence-corrected chi connectivity index (χ0v) is 16.5. The number of hydrogen-bond acceptors (Lipinski definition) is 4. The maximum Gasteiger partial charge on any atom is 0.409 e. The first kappa shape index (κ1) is 19.7. The van der Waals surface area contributed by atoms with Gasteiger partial charge in [-0.1, -0.05) is 32.9 Å². The summed E-state index contributed by atoms with van der Waals surface area (Å²) >= 11 is 0. The molecule has 1 aliphatic rings. The van der Waals surface area contributed by atoms with Crippen LogP contribution in [0, 0.1) is 6.92 Å². The molecule has 0 saturated carbocycles. The summed E-state index contributed by atoms with van der Waals surface area (Å²) in [5.41, 5.74) is 1.83. The number of sulfonamides is 1. The predicted octanol–water partition coefficient (Wildman–Crippen LogP) is 2.76. The van der Waals surface area contributed by atoms with E-state index in [1.807, 2.05) is 19.1 Å². The summed E-state index contributed by atoms with van der Waals surface area (Å²) < 4.78 is 32.3. The molecule has 140 valence electrons. The molecule has 1 amide bonds. The molecule has 1 saturated heterocycles. The number of aryl methyl sites for hydroxylation is 1. The third kappa shape index (κ3) is 4.33. The zero-order valence-electron chi connectivity index (χ0n) is 15.7. The van der Waals surface area contributed by atoms with E-state index in [1.54, 1.807) is 17.9 Å². The minimum absolute atomic E-state index is 0.0294. The molecule has 1 fully saturated rings. The van der Waals surface area contributed by atoms with Crippen LogP contribution >= 0.6 is 0 Å². The van der Waals surface area contributed by atoms with E-state index in [0.717, 1.165) is 11.1 Å². The molecular weight excluding hydrogens is 340 g/mol. The molecule has 0 aromatic heterocycles. The SMILES string of the molecule is CCOC(=O)N1CCN(S(=O)(=O)c2ccc(C(C)(C)C)cc2C)CC1. The molecule has 0 aliphatic carbocycles. The van der Waals surface area contributed by atoms with E-state index in [0.29, 0.717) is 24.6 Å². The Morgan fingerprint density at radius 2 is 1.76 bits per heavy atom. The molecular formula is C18H28N2O4S. The normalized spacial score (nSPS) is 16.8. The van der Waals surface area contributed by atoms with E-state index >= 15 is 0 Å². The van der Waals surface area contributed by atoms with Gasteiger partial charge in [0.15, 0.2) is 0 Å². The molecule has 1 aromatic carbocycles. The molecule has 2 rings (SSSR count). The van der Waals surface area contributed by atoms with Crippen molar-refractivity contribution in [1.29, 1.82) is 0 Å². The minimum Gasteiger partial charge on any atom is -0.450 e. The van der Waals surface area contributed by atoms with Crippen molar-refractivity contribution in [2.45, 2.75) is 44.9 Å². The standard InChI is InChI=1S/C18H28N2O4S/c1-6-24-17(21)19-9-11-20(12-10-19)25(22,23)16-8-7-15(13-14(16)2)18(3,4)5/h7-8,13H,6,9-12H2,1-5H3. The van der Waals surface area contributed by atoms with Gasteiger partial charge >= 0.3 is 6.09 Å². The van der Waals surface area contributed by atoms with Crippen LogP contribution in [-0.2, 0) is 20.2 Å². The van der Waals surface area contributed by atoms with E-state index in [-0.39, 0.29) is 24.6 Å². The van der Waals surface area contributed by atoms with Gasteiger partial charge in [0.25, 0.3) is 0 Å². The summed E-state index contributed by atoms with van der Waals surface area (Å²) in [6.45, 7) is 11.5. The lowest BCUT2D eigenvalue weighted by molar-refractivity contribution is 0.0934. The predicted molar refractivity (Wildman–Crippen MR) is 97.2 cm³/mol. The highest BCUT2D eigenvalue weighted by atomic mass is 32.2. The number of piperazine rings is 1. The fourth-order valence-electron chi connectivity index (χ4n) is 2.87. The molecule has 25 heavy (non-hydrogen) atoms. The molecule has 1 heterocycles.